The van der Waals surface area contributed by atoms with Crippen LogP contribution in [0.1, 0.15) is 40.5 Å². The molecule has 0 aliphatic rings. The lowest BCUT2D eigenvalue weighted by atomic mass is 10.0. The summed E-state index contributed by atoms with van der Waals surface area (Å²) in [6.07, 6.45) is 1.26. The summed E-state index contributed by atoms with van der Waals surface area (Å²) in [7, 11) is 1.60. The minimum absolute atomic E-state index is 0.0287. The minimum Gasteiger partial charge on any atom is -0.359 e. The van der Waals surface area contributed by atoms with Crippen molar-refractivity contribution in [3.8, 4) is 0 Å². The van der Waals surface area contributed by atoms with Crippen LogP contribution >= 0.6 is 0 Å². The van der Waals surface area contributed by atoms with Crippen molar-refractivity contribution < 1.29 is 9.59 Å². The third kappa shape index (κ3) is 6.94. The molecule has 0 bridgehead atoms. The minimum atomic E-state index is -0.287. The van der Waals surface area contributed by atoms with Gasteiger partial charge in [0.15, 0.2) is 0 Å². The Hall–Kier alpha value is -1.10. The van der Waals surface area contributed by atoms with E-state index in [1.807, 2.05) is 20.8 Å². The molecule has 1 atom stereocenters. The fourth-order valence-electron chi connectivity index (χ4n) is 1.15. The van der Waals surface area contributed by atoms with Gasteiger partial charge in [-0.15, -0.1) is 0 Å². The summed E-state index contributed by atoms with van der Waals surface area (Å²) in [6.45, 7) is 8.31. The molecule has 17 heavy (non-hydrogen) atoms. The highest BCUT2D eigenvalue weighted by atomic mass is 16.2. The highest BCUT2D eigenvalue weighted by Crippen LogP contribution is 2.06. The van der Waals surface area contributed by atoms with Crippen molar-refractivity contribution in [3.05, 3.63) is 0 Å². The summed E-state index contributed by atoms with van der Waals surface area (Å²) in [5.74, 6) is -0.0623. The summed E-state index contributed by atoms with van der Waals surface area (Å²) in [5.41, 5.74) is -0.187. The predicted octanol–water partition coefficient (Wildman–Crippen LogP) is 0.405. The maximum Gasteiger partial charge on any atom is 0.237 e. The zero-order chi connectivity index (χ0) is 13.5. The molecule has 100 valence electrons. The van der Waals surface area contributed by atoms with Gasteiger partial charge < -0.3 is 16.0 Å². The number of amides is 2. The molecule has 0 radical (unpaired) electrons. The summed E-state index contributed by atoms with van der Waals surface area (Å²) in [4.78, 5) is 22.8. The Morgan fingerprint density at radius 2 is 1.88 bits per heavy atom. The van der Waals surface area contributed by atoms with Crippen molar-refractivity contribution in [3.63, 3.8) is 0 Å². The number of hydrogen-bond acceptors (Lipinski definition) is 3. The second-order valence-corrected chi connectivity index (χ2v) is 4.83. The average Bonchev–Trinajstić information content (AvgIpc) is 2.28. The summed E-state index contributed by atoms with van der Waals surface area (Å²) >= 11 is 0. The molecular formula is C12H25N3O2. The molecule has 0 aromatic carbocycles. The van der Waals surface area contributed by atoms with Crippen LogP contribution in [0.25, 0.3) is 0 Å². The Morgan fingerprint density at radius 3 is 2.35 bits per heavy atom. The SMILES string of the molecule is CCC(C)(C)NC(=O)C(C)NCCC(=O)NC. The van der Waals surface area contributed by atoms with Gasteiger partial charge in [-0.3, -0.25) is 9.59 Å². The van der Waals surface area contributed by atoms with E-state index >= 15 is 0 Å². The first-order valence-corrected chi connectivity index (χ1v) is 6.08. The smallest absolute Gasteiger partial charge is 0.237 e. The molecular weight excluding hydrogens is 218 g/mol. The van der Waals surface area contributed by atoms with E-state index in [0.29, 0.717) is 13.0 Å². The van der Waals surface area contributed by atoms with Gasteiger partial charge in [0.05, 0.1) is 6.04 Å². The van der Waals surface area contributed by atoms with Gasteiger partial charge in [-0.2, -0.15) is 0 Å². The van der Waals surface area contributed by atoms with Crippen molar-refractivity contribution >= 4 is 11.8 Å². The lowest BCUT2D eigenvalue weighted by Gasteiger charge is -2.26. The molecule has 0 aromatic rings. The van der Waals surface area contributed by atoms with Crippen molar-refractivity contribution in [2.75, 3.05) is 13.6 Å². The maximum atomic E-state index is 11.8. The monoisotopic (exact) mass is 243 g/mol. The summed E-state index contributed by atoms with van der Waals surface area (Å²) < 4.78 is 0. The van der Waals surface area contributed by atoms with Gasteiger partial charge in [0.1, 0.15) is 0 Å². The van der Waals surface area contributed by atoms with Crippen molar-refractivity contribution in [1.29, 1.82) is 0 Å². The molecule has 3 N–H and O–H groups in total. The number of hydrogen-bond donors (Lipinski definition) is 3. The molecule has 2 amide bonds. The van der Waals surface area contributed by atoms with Crippen molar-refractivity contribution in [2.45, 2.75) is 52.1 Å². The van der Waals surface area contributed by atoms with Gasteiger partial charge in [-0.05, 0) is 27.2 Å². The zero-order valence-corrected chi connectivity index (χ0v) is 11.5. The number of carbonyl (C=O) groups excluding carboxylic acids is 2. The van der Waals surface area contributed by atoms with Crippen LogP contribution in [-0.2, 0) is 9.59 Å². The normalized spacial score (nSPS) is 13.0. The second kappa shape index (κ2) is 7.27. The molecule has 0 saturated heterocycles. The Morgan fingerprint density at radius 1 is 1.29 bits per heavy atom. The molecule has 0 rings (SSSR count). The molecule has 0 aliphatic heterocycles. The van der Waals surface area contributed by atoms with E-state index in [-0.39, 0.29) is 23.4 Å². The van der Waals surface area contributed by atoms with Gasteiger partial charge in [-0.25, -0.2) is 0 Å². The molecule has 5 heteroatoms. The van der Waals surface area contributed by atoms with Crippen molar-refractivity contribution in [2.24, 2.45) is 0 Å². The van der Waals surface area contributed by atoms with Crippen LogP contribution < -0.4 is 16.0 Å². The molecule has 0 saturated carbocycles. The first kappa shape index (κ1) is 15.9. The first-order valence-electron chi connectivity index (χ1n) is 6.08. The fraction of sp³-hybridized carbons (Fsp3) is 0.833. The Bertz CT molecular complexity index is 264. The van der Waals surface area contributed by atoms with E-state index in [4.69, 9.17) is 0 Å². The van der Waals surface area contributed by atoms with E-state index in [2.05, 4.69) is 16.0 Å². The van der Waals surface area contributed by atoms with E-state index in [1.54, 1.807) is 14.0 Å². The predicted molar refractivity (Wildman–Crippen MR) is 68.7 cm³/mol. The molecule has 0 aromatic heterocycles. The zero-order valence-electron chi connectivity index (χ0n) is 11.5. The molecule has 0 fully saturated rings. The summed E-state index contributed by atoms with van der Waals surface area (Å²) in [6, 6.07) is -0.287. The van der Waals surface area contributed by atoms with Gasteiger partial charge in [0, 0.05) is 25.6 Å². The van der Waals surface area contributed by atoms with Gasteiger partial charge >= 0.3 is 0 Å². The lowest BCUT2D eigenvalue weighted by molar-refractivity contribution is -0.125. The van der Waals surface area contributed by atoms with Gasteiger partial charge in [-0.1, -0.05) is 6.92 Å². The molecule has 0 heterocycles. The van der Waals surface area contributed by atoms with E-state index in [9.17, 15) is 9.59 Å². The second-order valence-electron chi connectivity index (χ2n) is 4.83. The number of carbonyl (C=O) groups is 2. The Labute approximate surface area is 104 Å². The first-order chi connectivity index (χ1) is 7.82. The van der Waals surface area contributed by atoms with E-state index in [0.717, 1.165) is 6.42 Å². The molecule has 1 unspecified atom stereocenters. The van der Waals surface area contributed by atoms with Gasteiger partial charge in [0.2, 0.25) is 11.8 Å². The molecule has 0 aliphatic carbocycles. The highest BCUT2D eigenvalue weighted by Gasteiger charge is 2.21. The fourth-order valence-corrected chi connectivity index (χ4v) is 1.15. The van der Waals surface area contributed by atoms with Crippen LogP contribution in [0.5, 0.6) is 0 Å². The molecule has 5 nitrogen and oxygen atoms in total. The van der Waals surface area contributed by atoms with Crippen LogP contribution in [0.15, 0.2) is 0 Å². The number of nitrogens with one attached hydrogen (secondary N) is 3. The van der Waals surface area contributed by atoms with Crippen LogP contribution in [0, 0.1) is 0 Å². The van der Waals surface area contributed by atoms with Crippen LogP contribution in [0.2, 0.25) is 0 Å². The quantitative estimate of drug-likeness (QED) is 0.606. The maximum absolute atomic E-state index is 11.8. The molecule has 0 spiro atoms. The number of rotatable bonds is 7. The average molecular weight is 243 g/mol. The van der Waals surface area contributed by atoms with Gasteiger partial charge in [0.25, 0.3) is 0 Å². The Kier molecular flexibility index (Phi) is 6.80. The third-order valence-electron chi connectivity index (χ3n) is 2.82. The van der Waals surface area contributed by atoms with Crippen LogP contribution in [0.3, 0.4) is 0 Å². The topological polar surface area (TPSA) is 70.2 Å². The standard InChI is InChI=1S/C12H25N3O2/c1-6-12(3,4)15-11(17)9(2)14-8-7-10(16)13-5/h9,14H,6-8H2,1-5H3,(H,13,16)(H,15,17). The lowest BCUT2D eigenvalue weighted by Crippen LogP contribution is -2.51. The van der Waals surface area contributed by atoms with E-state index in [1.165, 1.54) is 0 Å². The highest BCUT2D eigenvalue weighted by molar-refractivity contribution is 5.82. The third-order valence-corrected chi connectivity index (χ3v) is 2.82. The van der Waals surface area contributed by atoms with E-state index < -0.39 is 0 Å². The largest absolute Gasteiger partial charge is 0.359 e. The summed E-state index contributed by atoms with van der Waals surface area (Å²) in [5, 5.41) is 8.51. The van der Waals surface area contributed by atoms with Crippen LogP contribution in [0.4, 0.5) is 0 Å². The van der Waals surface area contributed by atoms with Crippen LogP contribution in [-0.4, -0.2) is 37.0 Å². The Balaban J connectivity index is 3.94. The van der Waals surface area contributed by atoms with Crippen molar-refractivity contribution in [1.82, 2.24) is 16.0 Å².